The Kier molecular flexibility index (Phi) is 5.24. The first-order valence-corrected chi connectivity index (χ1v) is 8.55. The molecule has 0 saturated heterocycles. The third-order valence-electron chi connectivity index (χ3n) is 3.77. The van der Waals surface area contributed by atoms with Crippen molar-refractivity contribution in [2.75, 3.05) is 13.2 Å². The molecule has 0 fully saturated rings. The Morgan fingerprint density at radius 1 is 1.12 bits per heavy atom. The number of carbonyl (C=O) groups is 1. The van der Waals surface area contributed by atoms with Gasteiger partial charge >= 0.3 is 0 Å². The van der Waals surface area contributed by atoms with Gasteiger partial charge in [0.1, 0.15) is 0 Å². The van der Waals surface area contributed by atoms with Crippen LogP contribution < -0.4 is 14.9 Å². The molecule has 1 N–H and O–H groups in total. The maximum absolute atomic E-state index is 12.1. The Morgan fingerprint density at radius 3 is 2.52 bits per heavy atom. The first-order valence-electron chi connectivity index (χ1n) is 8.17. The molecule has 1 aliphatic heterocycles. The van der Waals surface area contributed by atoms with E-state index in [9.17, 15) is 4.79 Å². The van der Waals surface area contributed by atoms with Crippen LogP contribution in [0.25, 0.3) is 0 Å². The molecular weight excluding hydrogens is 340 g/mol. The van der Waals surface area contributed by atoms with Crippen LogP contribution in [0.3, 0.4) is 0 Å². The van der Waals surface area contributed by atoms with Gasteiger partial charge in [-0.3, -0.25) is 4.79 Å². The molecule has 0 unspecified atom stereocenters. The number of amides is 1. The molecule has 3 rings (SSSR count). The molecule has 25 heavy (non-hydrogen) atoms. The van der Waals surface area contributed by atoms with Crippen LogP contribution in [0.4, 0.5) is 0 Å². The van der Waals surface area contributed by atoms with E-state index in [2.05, 4.69) is 10.5 Å². The van der Waals surface area contributed by atoms with Crippen molar-refractivity contribution in [1.29, 1.82) is 0 Å². The van der Waals surface area contributed by atoms with Crippen LogP contribution in [0.2, 0.25) is 5.02 Å². The van der Waals surface area contributed by atoms with Crippen LogP contribution in [-0.2, 0) is 11.2 Å². The van der Waals surface area contributed by atoms with Crippen molar-refractivity contribution in [2.24, 2.45) is 5.10 Å². The Morgan fingerprint density at radius 2 is 1.84 bits per heavy atom. The van der Waals surface area contributed by atoms with Gasteiger partial charge in [0.25, 0.3) is 0 Å². The molecule has 0 saturated carbocycles. The second-order valence-corrected chi connectivity index (χ2v) is 5.94. The van der Waals surface area contributed by atoms with Gasteiger partial charge in [0.2, 0.25) is 5.91 Å². The average molecular weight is 359 g/mol. The number of nitrogens with one attached hydrogen (secondary N) is 1. The van der Waals surface area contributed by atoms with E-state index in [1.807, 2.05) is 44.2 Å². The predicted molar refractivity (Wildman–Crippen MR) is 97.7 cm³/mol. The maximum Gasteiger partial charge on any atom is 0.244 e. The molecule has 0 aliphatic carbocycles. The summed E-state index contributed by atoms with van der Waals surface area (Å²) in [6.45, 7) is 4.85. The zero-order valence-corrected chi connectivity index (χ0v) is 14.9. The van der Waals surface area contributed by atoms with Gasteiger partial charge in [-0.15, -0.1) is 0 Å². The molecule has 6 heteroatoms. The van der Waals surface area contributed by atoms with Gasteiger partial charge < -0.3 is 9.47 Å². The summed E-state index contributed by atoms with van der Waals surface area (Å²) in [4.78, 5) is 12.1. The molecule has 0 bridgehead atoms. The molecule has 2 aromatic carbocycles. The SMILES string of the molecule is CCOc1cc2c(cc1OCC)C(c1cccc(Cl)c1)=NNC(=O)C2. The number of ether oxygens (including phenoxy) is 2. The van der Waals surface area contributed by atoms with E-state index in [0.29, 0.717) is 35.4 Å². The first kappa shape index (κ1) is 17.3. The summed E-state index contributed by atoms with van der Waals surface area (Å²) in [6.07, 6.45) is 0.218. The molecule has 1 heterocycles. The lowest BCUT2D eigenvalue weighted by Gasteiger charge is -2.16. The third-order valence-corrected chi connectivity index (χ3v) is 4.00. The van der Waals surface area contributed by atoms with Crippen LogP contribution in [0.5, 0.6) is 11.5 Å². The summed E-state index contributed by atoms with van der Waals surface area (Å²) < 4.78 is 11.4. The summed E-state index contributed by atoms with van der Waals surface area (Å²) in [5.74, 6) is 1.08. The molecule has 5 nitrogen and oxygen atoms in total. The Balaban J connectivity index is 2.17. The molecule has 130 valence electrons. The maximum atomic E-state index is 12.1. The number of carbonyl (C=O) groups excluding carboxylic acids is 1. The molecule has 1 aliphatic rings. The van der Waals surface area contributed by atoms with Gasteiger partial charge in [0.05, 0.1) is 25.3 Å². The smallest absolute Gasteiger partial charge is 0.244 e. The Hall–Kier alpha value is -2.53. The predicted octanol–water partition coefficient (Wildman–Crippen LogP) is 3.56. The minimum atomic E-state index is -0.176. The average Bonchev–Trinajstić information content (AvgIpc) is 2.74. The van der Waals surface area contributed by atoms with Crippen molar-refractivity contribution in [3.05, 3.63) is 58.1 Å². The molecule has 0 spiro atoms. The van der Waals surface area contributed by atoms with E-state index in [1.165, 1.54) is 0 Å². The minimum Gasteiger partial charge on any atom is -0.490 e. The van der Waals surface area contributed by atoms with E-state index in [0.717, 1.165) is 16.7 Å². The number of rotatable bonds is 5. The molecule has 0 atom stereocenters. The van der Waals surface area contributed by atoms with E-state index in [1.54, 1.807) is 6.07 Å². The van der Waals surface area contributed by atoms with Crippen molar-refractivity contribution >= 4 is 23.2 Å². The second kappa shape index (κ2) is 7.57. The molecule has 0 aromatic heterocycles. The van der Waals surface area contributed by atoms with Crippen LogP contribution in [0.15, 0.2) is 41.5 Å². The lowest BCUT2D eigenvalue weighted by Crippen LogP contribution is -2.18. The summed E-state index contributed by atoms with van der Waals surface area (Å²) >= 11 is 6.12. The van der Waals surface area contributed by atoms with Gasteiger partial charge in [-0.05, 0) is 43.7 Å². The van der Waals surface area contributed by atoms with Gasteiger partial charge in [-0.2, -0.15) is 5.10 Å². The number of nitrogens with zero attached hydrogens (tertiary/aromatic N) is 1. The van der Waals surface area contributed by atoms with E-state index in [-0.39, 0.29) is 12.3 Å². The topological polar surface area (TPSA) is 59.9 Å². The van der Waals surface area contributed by atoms with Gasteiger partial charge in [0.15, 0.2) is 11.5 Å². The first-order chi connectivity index (χ1) is 12.1. The van der Waals surface area contributed by atoms with Crippen molar-refractivity contribution < 1.29 is 14.3 Å². The molecular formula is C19H19ClN2O3. The quantitative estimate of drug-likeness (QED) is 0.889. The lowest BCUT2D eigenvalue weighted by molar-refractivity contribution is -0.120. The largest absolute Gasteiger partial charge is 0.490 e. The molecule has 0 radical (unpaired) electrons. The fourth-order valence-electron chi connectivity index (χ4n) is 2.75. The monoisotopic (exact) mass is 358 g/mol. The van der Waals surface area contributed by atoms with E-state index >= 15 is 0 Å². The Bertz CT molecular complexity index is 833. The number of fused-ring (bicyclic) bond motifs is 1. The zero-order chi connectivity index (χ0) is 17.8. The summed E-state index contributed by atoms with van der Waals surface area (Å²) in [5.41, 5.74) is 5.71. The van der Waals surface area contributed by atoms with Crippen molar-refractivity contribution in [3.8, 4) is 11.5 Å². The third kappa shape index (κ3) is 3.77. The van der Waals surface area contributed by atoms with Crippen LogP contribution in [0.1, 0.15) is 30.5 Å². The fraction of sp³-hybridized carbons (Fsp3) is 0.263. The highest BCUT2D eigenvalue weighted by Crippen LogP contribution is 2.33. The number of hydrazone groups is 1. The molecule has 1 amide bonds. The van der Waals surface area contributed by atoms with Gasteiger partial charge in [-0.1, -0.05) is 23.7 Å². The van der Waals surface area contributed by atoms with Crippen molar-refractivity contribution in [3.63, 3.8) is 0 Å². The normalized spacial score (nSPS) is 13.4. The zero-order valence-electron chi connectivity index (χ0n) is 14.1. The highest BCUT2D eigenvalue weighted by atomic mass is 35.5. The summed E-state index contributed by atoms with van der Waals surface area (Å²) in [5, 5.41) is 4.90. The number of benzene rings is 2. The molecule has 2 aromatic rings. The van der Waals surface area contributed by atoms with Crippen LogP contribution in [-0.4, -0.2) is 24.8 Å². The Labute approximate surface area is 151 Å². The standard InChI is InChI=1S/C19H19ClN2O3/c1-3-24-16-9-13-10-18(23)21-22-19(12-6-5-7-14(20)8-12)15(13)11-17(16)25-4-2/h5-9,11H,3-4,10H2,1-2H3,(H,21,23). The minimum absolute atomic E-state index is 0.176. The van der Waals surface area contributed by atoms with Gasteiger partial charge in [0, 0.05) is 16.1 Å². The van der Waals surface area contributed by atoms with Crippen LogP contribution >= 0.6 is 11.6 Å². The number of hydrogen-bond donors (Lipinski definition) is 1. The highest BCUT2D eigenvalue weighted by Gasteiger charge is 2.22. The van der Waals surface area contributed by atoms with Gasteiger partial charge in [-0.25, -0.2) is 5.43 Å². The number of hydrogen-bond acceptors (Lipinski definition) is 4. The fourth-order valence-corrected chi connectivity index (χ4v) is 2.94. The number of halogens is 1. The van der Waals surface area contributed by atoms with Crippen LogP contribution in [0, 0.1) is 0 Å². The lowest BCUT2D eigenvalue weighted by atomic mass is 9.95. The summed E-state index contributed by atoms with van der Waals surface area (Å²) in [6, 6.07) is 11.1. The highest BCUT2D eigenvalue weighted by molar-refractivity contribution is 6.31. The van der Waals surface area contributed by atoms with Crippen molar-refractivity contribution in [1.82, 2.24) is 5.43 Å². The summed E-state index contributed by atoms with van der Waals surface area (Å²) in [7, 11) is 0. The van der Waals surface area contributed by atoms with Crippen molar-refractivity contribution in [2.45, 2.75) is 20.3 Å². The van der Waals surface area contributed by atoms with E-state index in [4.69, 9.17) is 21.1 Å². The van der Waals surface area contributed by atoms with E-state index < -0.39 is 0 Å². The second-order valence-electron chi connectivity index (χ2n) is 5.50.